The number of hydrogen-bond acceptors (Lipinski definition) is 3. The molecular formula is C10H22N2S. The van der Waals surface area contributed by atoms with Crippen LogP contribution >= 0.6 is 11.8 Å². The number of thioether (sulfide) groups is 1. The van der Waals surface area contributed by atoms with E-state index in [1.165, 1.54) is 31.6 Å². The van der Waals surface area contributed by atoms with Gasteiger partial charge >= 0.3 is 0 Å². The molecule has 0 amide bonds. The lowest BCUT2D eigenvalue weighted by Gasteiger charge is -2.21. The molecule has 1 saturated heterocycles. The van der Waals surface area contributed by atoms with Crippen LogP contribution in [0.5, 0.6) is 0 Å². The van der Waals surface area contributed by atoms with Crippen LogP contribution in [0.25, 0.3) is 0 Å². The van der Waals surface area contributed by atoms with Crippen molar-refractivity contribution in [3.63, 3.8) is 0 Å². The normalized spacial score (nSPS) is 23.8. The van der Waals surface area contributed by atoms with Crippen LogP contribution in [-0.4, -0.2) is 49.6 Å². The average molecular weight is 202 g/mol. The van der Waals surface area contributed by atoms with Gasteiger partial charge in [-0.3, -0.25) is 0 Å². The summed E-state index contributed by atoms with van der Waals surface area (Å²) in [6.45, 7) is 3.49. The lowest BCUT2D eigenvalue weighted by Crippen LogP contribution is -2.32. The monoisotopic (exact) mass is 202 g/mol. The highest BCUT2D eigenvalue weighted by molar-refractivity contribution is 7.99. The largest absolute Gasteiger partial charge is 0.314 e. The Labute approximate surface area is 86.5 Å². The van der Waals surface area contributed by atoms with Crippen LogP contribution in [0.2, 0.25) is 0 Å². The Balaban J connectivity index is 1.92. The van der Waals surface area contributed by atoms with Gasteiger partial charge < -0.3 is 10.2 Å². The van der Waals surface area contributed by atoms with Crippen molar-refractivity contribution in [3.8, 4) is 0 Å². The molecule has 0 aromatic carbocycles. The van der Waals surface area contributed by atoms with Gasteiger partial charge in [0.15, 0.2) is 0 Å². The number of nitrogens with zero attached hydrogens (tertiary/aromatic N) is 1. The second kappa shape index (κ2) is 6.68. The number of likely N-dealkylation sites (N-methyl/N-ethyl adjacent to an activating group) is 1. The third-order valence-electron chi connectivity index (χ3n) is 2.38. The summed E-state index contributed by atoms with van der Waals surface area (Å²) < 4.78 is 0. The third kappa shape index (κ3) is 5.55. The fourth-order valence-corrected chi connectivity index (χ4v) is 2.81. The van der Waals surface area contributed by atoms with E-state index in [4.69, 9.17) is 0 Å². The topological polar surface area (TPSA) is 15.3 Å². The molecule has 0 aromatic heterocycles. The first kappa shape index (κ1) is 11.3. The van der Waals surface area contributed by atoms with Crippen molar-refractivity contribution in [2.75, 3.05) is 39.5 Å². The molecule has 0 aliphatic carbocycles. The average Bonchev–Trinajstić information content (AvgIpc) is 2.14. The molecule has 2 nitrogen and oxygen atoms in total. The smallest absolute Gasteiger partial charge is 0.0172 e. The molecule has 0 radical (unpaired) electrons. The van der Waals surface area contributed by atoms with E-state index in [1.807, 2.05) is 0 Å². The molecule has 1 unspecified atom stereocenters. The lowest BCUT2D eigenvalue weighted by atomic mass is 10.2. The third-order valence-corrected chi connectivity index (χ3v) is 3.78. The van der Waals surface area contributed by atoms with Crippen molar-refractivity contribution in [1.82, 2.24) is 10.2 Å². The maximum absolute atomic E-state index is 3.52. The zero-order chi connectivity index (χ0) is 9.52. The van der Waals surface area contributed by atoms with Gasteiger partial charge in [-0.05, 0) is 32.7 Å². The Morgan fingerprint density at radius 3 is 2.85 bits per heavy atom. The first-order valence-corrected chi connectivity index (χ1v) is 6.31. The predicted octanol–water partition coefficient (Wildman–Crippen LogP) is 1.42. The molecule has 1 aliphatic rings. The first-order chi connectivity index (χ1) is 6.29. The Morgan fingerprint density at radius 1 is 1.38 bits per heavy atom. The highest BCUT2D eigenvalue weighted by Crippen LogP contribution is 2.23. The first-order valence-electron chi connectivity index (χ1n) is 5.26. The van der Waals surface area contributed by atoms with Gasteiger partial charge in [-0.1, -0.05) is 6.42 Å². The Hall–Kier alpha value is 0.270. The highest BCUT2D eigenvalue weighted by atomic mass is 32.2. The van der Waals surface area contributed by atoms with Gasteiger partial charge in [-0.15, -0.1) is 0 Å². The number of nitrogens with one attached hydrogen (secondary N) is 1. The summed E-state index contributed by atoms with van der Waals surface area (Å²) in [4.78, 5) is 2.22. The fourth-order valence-electron chi connectivity index (χ4n) is 1.53. The van der Waals surface area contributed by atoms with E-state index in [2.05, 4.69) is 36.1 Å². The summed E-state index contributed by atoms with van der Waals surface area (Å²) in [5.74, 6) is 1.38. The van der Waals surface area contributed by atoms with Crippen LogP contribution < -0.4 is 5.32 Å². The van der Waals surface area contributed by atoms with E-state index < -0.39 is 0 Å². The minimum absolute atomic E-state index is 0.885. The minimum atomic E-state index is 0.885. The van der Waals surface area contributed by atoms with Crippen molar-refractivity contribution in [1.29, 1.82) is 0 Å². The molecule has 1 N–H and O–H groups in total. The number of hydrogen-bond donors (Lipinski definition) is 1. The molecule has 1 heterocycles. The van der Waals surface area contributed by atoms with Crippen LogP contribution in [0.3, 0.4) is 0 Å². The van der Waals surface area contributed by atoms with E-state index in [0.717, 1.165) is 18.3 Å². The molecule has 1 atom stereocenters. The lowest BCUT2D eigenvalue weighted by molar-refractivity contribution is 0.399. The molecule has 0 bridgehead atoms. The van der Waals surface area contributed by atoms with E-state index in [1.54, 1.807) is 0 Å². The second-order valence-electron chi connectivity index (χ2n) is 4.00. The van der Waals surface area contributed by atoms with Crippen molar-refractivity contribution in [2.45, 2.75) is 24.5 Å². The summed E-state index contributed by atoms with van der Waals surface area (Å²) in [6.07, 6.45) is 4.28. The van der Waals surface area contributed by atoms with Crippen LogP contribution in [0.15, 0.2) is 0 Å². The van der Waals surface area contributed by atoms with Gasteiger partial charge in [-0.25, -0.2) is 0 Å². The summed E-state index contributed by atoms with van der Waals surface area (Å²) >= 11 is 2.15. The van der Waals surface area contributed by atoms with Gasteiger partial charge in [0.25, 0.3) is 0 Å². The molecule has 0 saturated carbocycles. The van der Waals surface area contributed by atoms with Gasteiger partial charge in [0, 0.05) is 24.9 Å². The molecule has 1 rings (SSSR count). The Kier molecular flexibility index (Phi) is 5.83. The van der Waals surface area contributed by atoms with Gasteiger partial charge in [0.1, 0.15) is 0 Å². The van der Waals surface area contributed by atoms with Crippen molar-refractivity contribution >= 4 is 11.8 Å². The van der Waals surface area contributed by atoms with E-state index in [0.29, 0.717) is 0 Å². The van der Waals surface area contributed by atoms with Crippen molar-refractivity contribution in [2.24, 2.45) is 0 Å². The Morgan fingerprint density at radius 2 is 2.23 bits per heavy atom. The molecule has 0 spiro atoms. The standard InChI is InChI=1S/C10H22N2S/c1-12(2)7-6-11-9-10-5-3-4-8-13-10/h10-11H,3-9H2,1-2H3. The molecular weight excluding hydrogens is 180 g/mol. The molecule has 1 aliphatic heterocycles. The fraction of sp³-hybridized carbons (Fsp3) is 1.00. The van der Waals surface area contributed by atoms with Gasteiger partial charge in [0.05, 0.1) is 0 Å². The zero-order valence-corrected chi connectivity index (χ0v) is 9.70. The van der Waals surface area contributed by atoms with E-state index >= 15 is 0 Å². The molecule has 78 valence electrons. The van der Waals surface area contributed by atoms with Crippen LogP contribution in [0, 0.1) is 0 Å². The second-order valence-corrected chi connectivity index (χ2v) is 5.40. The van der Waals surface area contributed by atoms with Crippen LogP contribution in [0.1, 0.15) is 19.3 Å². The summed E-state index contributed by atoms with van der Waals surface area (Å²) in [5, 5.41) is 4.41. The molecule has 13 heavy (non-hydrogen) atoms. The summed E-state index contributed by atoms with van der Waals surface area (Å²) in [6, 6.07) is 0. The maximum Gasteiger partial charge on any atom is 0.0172 e. The maximum atomic E-state index is 3.52. The summed E-state index contributed by atoms with van der Waals surface area (Å²) in [7, 11) is 4.24. The van der Waals surface area contributed by atoms with Gasteiger partial charge in [-0.2, -0.15) is 11.8 Å². The van der Waals surface area contributed by atoms with Crippen molar-refractivity contribution in [3.05, 3.63) is 0 Å². The number of rotatable bonds is 5. The predicted molar refractivity (Wildman–Crippen MR) is 61.5 cm³/mol. The van der Waals surface area contributed by atoms with E-state index in [-0.39, 0.29) is 0 Å². The quantitative estimate of drug-likeness (QED) is 0.679. The molecule has 1 fully saturated rings. The Bertz CT molecular complexity index is 122. The minimum Gasteiger partial charge on any atom is -0.314 e. The highest BCUT2D eigenvalue weighted by Gasteiger charge is 2.12. The summed E-state index contributed by atoms with van der Waals surface area (Å²) in [5.41, 5.74) is 0. The molecule has 3 heteroatoms. The van der Waals surface area contributed by atoms with Crippen LogP contribution in [-0.2, 0) is 0 Å². The SMILES string of the molecule is CN(C)CCNCC1CCCCS1. The van der Waals surface area contributed by atoms with E-state index in [9.17, 15) is 0 Å². The van der Waals surface area contributed by atoms with Gasteiger partial charge in [0.2, 0.25) is 0 Å². The van der Waals surface area contributed by atoms with Crippen LogP contribution in [0.4, 0.5) is 0 Å². The molecule has 0 aromatic rings. The van der Waals surface area contributed by atoms with Crippen molar-refractivity contribution < 1.29 is 0 Å². The zero-order valence-electron chi connectivity index (χ0n) is 8.88.